The third-order valence-corrected chi connectivity index (χ3v) is 4.16. The number of carbonyl (C=O) groups excluding carboxylic acids is 1. The molecule has 0 bridgehead atoms. The van der Waals surface area contributed by atoms with Crippen LogP contribution < -0.4 is 10.2 Å². The molecule has 3 rings (SSSR count). The minimum absolute atomic E-state index is 0.556. The zero-order chi connectivity index (χ0) is 17.1. The Morgan fingerprint density at radius 3 is 2.33 bits per heavy atom. The van der Waals surface area contributed by atoms with Gasteiger partial charge < -0.3 is 15.1 Å². The van der Waals surface area contributed by atoms with Crippen molar-refractivity contribution in [1.82, 2.24) is 14.9 Å². The number of hydrogen-bond donors (Lipinski definition) is 1. The number of rotatable bonds is 4. The maximum atomic E-state index is 10.8. The van der Waals surface area contributed by atoms with Crippen LogP contribution in [0.4, 0.5) is 17.5 Å². The molecule has 1 saturated heterocycles. The highest BCUT2D eigenvalue weighted by Gasteiger charge is 2.18. The fraction of sp³-hybridized carbons (Fsp3) is 0.312. The van der Waals surface area contributed by atoms with Crippen molar-refractivity contribution in [1.29, 1.82) is 0 Å². The van der Waals surface area contributed by atoms with E-state index in [2.05, 4.69) is 20.2 Å². The van der Waals surface area contributed by atoms with Gasteiger partial charge in [0.2, 0.25) is 12.4 Å². The Morgan fingerprint density at radius 2 is 1.71 bits per heavy atom. The van der Waals surface area contributed by atoms with Gasteiger partial charge in [0.15, 0.2) is 0 Å². The maximum Gasteiger partial charge on any atom is 0.227 e. The largest absolute Gasteiger partial charge is 0.342 e. The van der Waals surface area contributed by atoms with Crippen LogP contribution >= 0.6 is 23.2 Å². The van der Waals surface area contributed by atoms with Gasteiger partial charge in [0, 0.05) is 53.7 Å². The number of anilines is 3. The van der Waals surface area contributed by atoms with E-state index < -0.39 is 0 Å². The standard InChI is InChI=1S/C16H17Cl2N5O/c1-11-6-15(20-14-8-12(17)7-13(18)9-14)21-16(19-11)23-4-2-22(10-24)3-5-23/h6-10H,2-5H2,1H3,(H,19,20,21). The van der Waals surface area contributed by atoms with E-state index in [0.717, 1.165) is 17.8 Å². The first kappa shape index (κ1) is 16.8. The maximum absolute atomic E-state index is 10.8. The first-order valence-corrected chi connectivity index (χ1v) is 8.32. The van der Waals surface area contributed by atoms with Gasteiger partial charge in [0.1, 0.15) is 5.82 Å². The second kappa shape index (κ2) is 7.23. The monoisotopic (exact) mass is 365 g/mol. The van der Waals surface area contributed by atoms with Crippen molar-refractivity contribution < 1.29 is 4.79 Å². The van der Waals surface area contributed by atoms with Crippen molar-refractivity contribution in [2.75, 3.05) is 36.4 Å². The van der Waals surface area contributed by atoms with Crippen LogP contribution in [0, 0.1) is 6.92 Å². The van der Waals surface area contributed by atoms with Crippen molar-refractivity contribution in [3.8, 4) is 0 Å². The summed E-state index contributed by atoms with van der Waals surface area (Å²) in [4.78, 5) is 23.7. The Balaban J connectivity index is 1.80. The molecule has 6 nitrogen and oxygen atoms in total. The summed E-state index contributed by atoms with van der Waals surface area (Å²) in [6.07, 6.45) is 0.879. The molecule has 0 atom stereocenters. The first-order valence-electron chi connectivity index (χ1n) is 7.56. The molecule has 1 N–H and O–H groups in total. The van der Waals surface area contributed by atoms with E-state index in [4.69, 9.17) is 23.2 Å². The van der Waals surface area contributed by atoms with Gasteiger partial charge >= 0.3 is 0 Å². The molecular formula is C16H17Cl2N5O. The molecule has 0 radical (unpaired) electrons. The molecule has 1 fully saturated rings. The normalized spacial score (nSPS) is 14.6. The Labute approximate surface area is 150 Å². The number of aromatic nitrogens is 2. The molecule has 2 aromatic rings. The third kappa shape index (κ3) is 4.07. The molecule has 0 spiro atoms. The molecule has 126 valence electrons. The number of aryl methyl sites for hydroxylation is 1. The first-order chi connectivity index (χ1) is 11.5. The Hall–Kier alpha value is -2.05. The van der Waals surface area contributed by atoms with Crippen LogP contribution in [0.1, 0.15) is 5.69 Å². The average Bonchev–Trinajstić information content (AvgIpc) is 2.53. The molecule has 8 heteroatoms. The topological polar surface area (TPSA) is 61.4 Å². The van der Waals surface area contributed by atoms with Crippen molar-refractivity contribution in [3.63, 3.8) is 0 Å². The SMILES string of the molecule is Cc1cc(Nc2cc(Cl)cc(Cl)c2)nc(N2CCN(C=O)CC2)n1. The Morgan fingerprint density at radius 1 is 1.04 bits per heavy atom. The highest BCUT2D eigenvalue weighted by Crippen LogP contribution is 2.25. The molecular weight excluding hydrogens is 349 g/mol. The second-order valence-electron chi connectivity index (χ2n) is 5.61. The zero-order valence-corrected chi connectivity index (χ0v) is 14.7. The number of hydrogen-bond acceptors (Lipinski definition) is 5. The summed E-state index contributed by atoms with van der Waals surface area (Å²) in [7, 11) is 0. The van der Waals surface area contributed by atoms with Crippen molar-refractivity contribution >= 4 is 47.1 Å². The van der Waals surface area contributed by atoms with Gasteiger partial charge in [0.25, 0.3) is 0 Å². The van der Waals surface area contributed by atoms with Crippen LogP contribution in [0.5, 0.6) is 0 Å². The highest BCUT2D eigenvalue weighted by atomic mass is 35.5. The van der Waals surface area contributed by atoms with Gasteiger partial charge in [0.05, 0.1) is 0 Å². The number of halogens is 2. The summed E-state index contributed by atoms with van der Waals surface area (Å²) in [5.41, 5.74) is 1.62. The number of nitrogens with one attached hydrogen (secondary N) is 1. The number of carbonyl (C=O) groups is 1. The summed E-state index contributed by atoms with van der Waals surface area (Å²) in [5.74, 6) is 1.32. The van der Waals surface area contributed by atoms with Crippen LogP contribution in [0.2, 0.25) is 10.0 Å². The fourth-order valence-electron chi connectivity index (χ4n) is 2.56. The minimum atomic E-state index is 0.556. The predicted molar refractivity (Wildman–Crippen MR) is 96.4 cm³/mol. The minimum Gasteiger partial charge on any atom is -0.342 e. The average molecular weight is 366 g/mol. The summed E-state index contributed by atoms with van der Waals surface area (Å²) in [6, 6.07) is 7.11. The third-order valence-electron chi connectivity index (χ3n) is 3.72. The number of nitrogens with zero attached hydrogens (tertiary/aromatic N) is 4. The molecule has 0 saturated carbocycles. The number of benzene rings is 1. The van der Waals surface area contributed by atoms with Crippen LogP contribution in [0.25, 0.3) is 0 Å². The molecule has 24 heavy (non-hydrogen) atoms. The smallest absolute Gasteiger partial charge is 0.227 e. The summed E-state index contributed by atoms with van der Waals surface area (Å²) in [5, 5.41) is 4.33. The van der Waals surface area contributed by atoms with E-state index in [1.165, 1.54) is 0 Å². The molecule has 1 aromatic heterocycles. The van der Waals surface area contributed by atoms with Gasteiger partial charge in [-0.1, -0.05) is 23.2 Å². The second-order valence-corrected chi connectivity index (χ2v) is 6.48. The lowest BCUT2D eigenvalue weighted by molar-refractivity contribution is -0.118. The van der Waals surface area contributed by atoms with Gasteiger partial charge in [-0.15, -0.1) is 0 Å². The molecule has 1 aliphatic heterocycles. The van der Waals surface area contributed by atoms with Crippen LogP contribution in [-0.4, -0.2) is 47.5 Å². The van der Waals surface area contributed by atoms with Crippen molar-refractivity contribution in [2.45, 2.75) is 6.92 Å². The van der Waals surface area contributed by atoms with Crippen LogP contribution in [0.15, 0.2) is 24.3 Å². The van der Waals surface area contributed by atoms with E-state index in [9.17, 15) is 4.79 Å². The van der Waals surface area contributed by atoms with E-state index in [1.807, 2.05) is 13.0 Å². The number of amides is 1. The summed E-state index contributed by atoms with van der Waals surface area (Å²) in [6.45, 7) is 4.69. The molecule has 2 heterocycles. The van der Waals surface area contributed by atoms with E-state index >= 15 is 0 Å². The highest BCUT2D eigenvalue weighted by molar-refractivity contribution is 6.35. The quantitative estimate of drug-likeness (QED) is 0.843. The van der Waals surface area contributed by atoms with E-state index in [-0.39, 0.29) is 0 Å². The fourth-order valence-corrected chi connectivity index (χ4v) is 3.09. The Kier molecular flexibility index (Phi) is 5.06. The molecule has 0 aliphatic carbocycles. The lowest BCUT2D eigenvalue weighted by Crippen LogP contribution is -2.46. The molecule has 0 unspecified atom stereocenters. The molecule has 1 aromatic carbocycles. The zero-order valence-electron chi connectivity index (χ0n) is 13.2. The number of piperazine rings is 1. The van der Waals surface area contributed by atoms with Crippen molar-refractivity contribution in [2.24, 2.45) is 0 Å². The van der Waals surface area contributed by atoms with Gasteiger partial charge in [-0.05, 0) is 25.1 Å². The van der Waals surface area contributed by atoms with Crippen LogP contribution in [-0.2, 0) is 4.79 Å². The predicted octanol–water partition coefficient (Wildman–Crippen LogP) is 3.11. The lowest BCUT2D eigenvalue weighted by Gasteiger charge is -2.32. The lowest BCUT2D eigenvalue weighted by atomic mass is 10.3. The van der Waals surface area contributed by atoms with Gasteiger partial charge in [-0.2, -0.15) is 4.98 Å². The van der Waals surface area contributed by atoms with E-state index in [1.54, 1.807) is 23.1 Å². The Bertz CT molecular complexity index is 727. The van der Waals surface area contributed by atoms with Gasteiger partial charge in [-0.3, -0.25) is 4.79 Å². The van der Waals surface area contributed by atoms with Crippen molar-refractivity contribution in [3.05, 3.63) is 40.0 Å². The molecule has 1 aliphatic rings. The molecule has 1 amide bonds. The van der Waals surface area contributed by atoms with Gasteiger partial charge in [-0.25, -0.2) is 4.98 Å². The summed E-state index contributed by atoms with van der Waals surface area (Å²) < 4.78 is 0. The van der Waals surface area contributed by atoms with Crippen LogP contribution in [0.3, 0.4) is 0 Å². The summed E-state index contributed by atoms with van der Waals surface area (Å²) >= 11 is 12.1. The van der Waals surface area contributed by atoms with E-state index in [0.29, 0.717) is 48.0 Å².